The van der Waals surface area contributed by atoms with Crippen LogP contribution in [0.5, 0.6) is 5.75 Å². The van der Waals surface area contributed by atoms with Crippen LogP contribution in [0.3, 0.4) is 0 Å². The number of pyridine rings is 1. The lowest BCUT2D eigenvalue weighted by atomic mass is 10.1. The van der Waals surface area contributed by atoms with E-state index in [1.165, 1.54) is 0 Å². The van der Waals surface area contributed by atoms with Crippen molar-refractivity contribution in [2.24, 2.45) is 0 Å². The Kier molecular flexibility index (Phi) is 7.64. The molecular weight excluding hydrogens is 416 g/mol. The molecule has 0 radical (unpaired) electrons. The minimum absolute atomic E-state index is 0.0509. The molecule has 1 fully saturated rings. The van der Waals surface area contributed by atoms with Gasteiger partial charge in [0.1, 0.15) is 23.7 Å². The van der Waals surface area contributed by atoms with Gasteiger partial charge in [-0.2, -0.15) is 5.26 Å². The third-order valence-electron chi connectivity index (χ3n) is 5.42. The molecule has 4 rings (SSSR count). The van der Waals surface area contributed by atoms with Crippen LogP contribution < -0.4 is 15.4 Å². The van der Waals surface area contributed by atoms with Gasteiger partial charge in [0.25, 0.3) is 0 Å². The van der Waals surface area contributed by atoms with E-state index in [1.54, 1.807) is 30.5 Å². The number of carbonyl (C=O) groups is 1. The molecule has 1 aliphatic heterocycles. The van der Waals surface area contributed by atoms with Gasteiger partial charge in [-0.25, -0.2) is 4.98 Å². The lowest BCUT2D eigenvalue weighted by molar-refractivity contribution is -0.118. The fraction of sp³-hybridized carbons (Fsp3) is 0.269. The lowest BCUT2D eigenvalue weighted by Gasteiger charge is -2.19. The molecule has 168 valence electrons. The van der Waals surface area contributed by atoms with E-state index in [1.807, 2.05) is 42.5 Å². The first-order chi connectivity index (χ1) is 16.2. The third-order valence-corrected chi connectivity index (χ3v) is 5.42. The average molecular weight is 443 g/mol. The van der Waals surface area contributed by atoms with Crippen LogP contribution in [0.2, 0.25) is 0 Å². The summed E-state index contributed by atoms with van der Waals surface area (Å²) in [4.78, 5) is 17.4. The van der Waals surface area contributed by atoms with E-state index in [9.17, 15) is 4.79 Å². The van der Waals surface area contributed by atoms with Gasteiger partial charge in [-0.15, -0.1) is 0 Å². The Morgan fingerprint density at radius 2 is 1.97 bits per heavy atom. The van der Waals surface area contributed by atoms with Gasteiger partial charge < -0.3 is 20.1 Å². The maximum absolute atomic E-state index is 13.1. The second kappa shape index (κ2) is 11.2. The summed E-state index contributed by atoms with van der Waals surface area (Å²) in [7, 11) is 0. The number of hydrogen-bond acceptors (Lipinski definition) is 6. The molecule has 2 atom stereocenters. The molecule has 0 bridgehead atoms. The van der Waals surface area contributed by atoms with Gasteiger partial charge in [0, 0.05) is 13.0 Å². The minimum Gasteiger partial charge on any atom is -0.486 e. The molecule has 3 aromatic rings. The van der Waals surface area contributed by atoms with E-state index >= 15 is 0 Å². The van der Waals surface area contributed by atoms with Crippen molar-refractivity contribution >= 4 is 11.7 Å². The average Bonchev–Trinajstić information content (AvgIpc) is 3.37. The van der Waals surface area contributed by atoms with Gasteiger partial charge in [-0.05, 0) is 41.8 Å². The highest BCUT2D eigenvalue weighted by atomic mass is 16.5. The summed E-state index contributed by atoms with van der Waals surface area (Å²) in [6, 6.07) is 22.2. The van der Waals surface area contributed by atoms with Gasteiger partial charge in [-0.3, -0.25) is 4.79 Å². The third kappa shape index (κ3) is 6.39. The minimum atomic E-state index is -0.530. The Balaban J connectivity index is 1.37. The van der Waals surface area contributed by atoms with Crippen molar-refractivity contribution < 1.29 is 14.3 Å². The first kappa shape index (κ1) is 22.5. The number of benzene rings is 2. The van der Waals surface area contributed by atoms with Crippen LogP contribution in [-0.4, -0.2) is 36.8 Å². The fourth-order valence-corrected chi connectivity index (χ4v) is 3.63. The monoisotopic (exact) mass is 442 g/mol. The van der Waals surface area contributed by atoms with Crippen molar-refractivity contribution in [1.82, 2.24) is 10.3 Å². The van der Waals surface area contributed by atoms with Crippen molar-refractivity contribution in [3.05, 3.63) is 89.6 Å². The summed E-state index contributed by atoms with van der Waals surface area (Å²) in [5.41, 5.74) is 2.60. The fourth-order valence-electron chi connectivity index (χ4n) is 3.63. The summed E-state index contributed by atoms with van der Waals surface area (Å²) >= 11 is 0. The van der Waals surface area contributed by atoms with E-state index in [4.69, 9.17) is 14.7 Å². The van der Waals surface area contributed by atoms with E-state index in [0.717, 1.165) is 24.0 Å². The topological polar surface area (TPSA) is 96.3 Å². The number of ether oxygens (including phenoxy) is 2. The van der Waals surface area contributed by atoms with Gasteiger partial charge in [0.2, 0.25) is 5.91 Å². The van der Waals surface area contributed by atoms with E-state index in [-0.39, 0.29) is 12.0 Å². The van der Waals surface area contributed by atoms with Crippen LogP contribution in [0.15, 0.2) is 72.9 Å². The quantitative estimate of drug-likeness (QED) is 0.525. The number of aromatic nitrogens is 1. The van der Waals surface area contributed by atoms with Crippen LogP contribution in [0.4, 0.5) is 5.82 Å². The van der Waals surface area contributed by atoms with E-state index < -0.39 is 6.04 Å². The summed E-state index contributed by atoms with van der Waals surface area (Å²) in [5, 5.41) is 15.2. The van der Waals surface area contributed by atoms with E-state index in [2.05, 4.69) is 21.7 Å². The molecule has 2 heterocycles. The standard InChI is InChI=1S/C26H26N4O3/c27-16-20-8-6-19(7-9-20)12-14-28-25(21-4-2-1-3-5-21)26(31)30-24-11-10-22(17-29-24)33-23-13-15-32-18-23/h1-11,17,23,25,28H,12-15,18H2,(H,29,30,31). The Morgan fingerprint density at radius 3 is 2.64 bits per heavy atom. The second-order valence-corrected chi connectivity index (χ2v) is 7.83. The Hall–Kier alpha value is -3.73. The highest BCUT2D eigenvalue weighted by Crippen LogP contribution is 2.19. The summed E-state index contributed by atoms with van der Waals surface area (Å²) in [6.07, 6.45) is 3.27. The zero-order chi connectivity index (χ0) is 22.9. The molecule has 1 aromatic heterocycles. The summed E-state index contributed by atoms with van der Waals surface area (Å²) in [6.45, 7) is 1.90. The number of rotatable bonds is 9. The molecule has 2 aromatic carbocycles. The number of nitrogens with one attached hydrogen (secondary N) is 2. The maximum Gasteiger partial charge on any atom is 0.247 e. The number of nitrogens with zero attached hydrogens (tertiary/aromatic N) is 2. The predicted molar refractivity (Wildman–Crippen MR) is 125 cm³/mol. The largest absolute Gasteiger partial charge is 0.486 e. The molecule has 1 saturated heterocycles. The SMILES string of the molecule is N#Cc1ccc(CCNC(C(=O)Nc2ccc(OC3CCOC3)cn2)c2ccccc2)cc1. The smallest absolute Gasteiger partial charge is 0.247 e. The maximum atomic E-state index is 13.1. The highest BCUT2D eigenvalue weighted by molar-refractivity contribution is 5.94. The van der Waals surface area contributed by atoms with Gasteiger partial charge in [0.05, 0.1) is 31.0 Å². The number of anilines is 1. The summed E-state index contributed by atoms with van der Waals surface area (Å²) in [5.74, 6) is 0.930. The molecule has 1 amide bonds. The van der Waals surface area contributed by atoms with Crippen molar-refractivity contribution in [1.29, 1.82) is 5.26 Å². The Labute approximate surface area is 193 Å². The Morgan fingerprint density at radius 1 is 1.15 bits per heavy atom. The number of nitriles is 1. The second-order valence-electron chi connectivity index (χ2n) is 7.83. The zero-order valence-electron chi connectivity index (χ0n) is 18.2. The van der Waals surface area contributed by atoms with Crippen molar-refractivity contribution in [3.8, 4) is 11.8 Å². The highest BCUT2D eigenvalue weighted by Gasteiger charge is 2.21. The van der Waals surface area contributed by atoms with Gasteiger partial charge >= 0.3 is 0 Å². The van der Waals surface area contributed by atoms with Crippen molar-refractivity contribution in [3.63, 3.8) is 0 Å². The van der Waals surface area contributed by atoms with Crippen LogP contribution in [0.1, 0.15) is 29.2 Å². The number of carbonyl (C=O) groups excluding carboxylic acids is 1. The van der Waals surface area contributed by atoms with Crippen LogP contribution in [0, 0.1) is 11.3 Å². The molecule has 7 heteroatoms. The first-order valence-electron chi connectivity index (χ1n) is 11.0. The molecule has 7 nitrogen and oxygen atoms in total. The predicted octanol–water partition coefficient (Wildman–Crippen LogP) is 3.63. The molecule has 1 aliphatic rings. The molecule has 2 N–H and O–H groups in total. The van der Waals surface area contributed by atoms with Crippen molar-refractivity contribution in [2.75, 3.05) is 25.1 Å². The molecule has 2 unspecified atom stereocenters. The van der Waals surface area contributed by atoms with Crippen LogP contribution in [-0.2, 0) is 16.0 Å². The van der Waals surface area contributed by atoms with Gasteiger partial charge in [0.15, 0.2) is 0 Å². The summed E-state index contributed by atoms with van der Waals surface area (Å²) < 4.78 is 11.2. The van der Waals surface area contributed by atoms with Gasteiger partial charge in [-0.1, -0.05) is 42.5 Å². The lowest BCUT2D eigenvalue weighted by Crippen LogP contribution is -2.34. The Bertz CT molecular complexity index is 1070. The molecule has 0 aliphatic carbocycles. The van der Waals surface area contributed by atoms with Crippen LogP contribution >= 0.6 is 0 Å². The molecule has 33 heavy (non-hydrogen) atoms. The van der Waals surface area contributed by atoms with Crippen LogP contribution in [0.25, 0.3) is 0 Å². The van der Waals surface area contributed by atoms with Crippen molar-refractivity contribution in [2.45, 2.75) is 25.0 Å². The molecule has 0 spiro atoms. The number of amides is 1. The molecular formula is C26H26N4O3. The number of hydrogen-bond donors (Lipinski definition) is 2. The first-order valence-corrected chi connectivity index (χ1v) is 11.0. The van der Waals surface area contributed by atoms with E-state index in [0.29, 0.717) is 36.9 Å². The normalized spacial score (nSPS) is 16.0. The zero-order valence-corrected chi connectivity index (χ0v) is 18.2. The molecule has 0 saturated carbocycles.